The molecule has 0 unspecified atom stereocenters. The van der Waals surface area contributed by atoms with Crippen molar-refractivity contribution in [3.63, 3.8) is 0 Å². The fourth-order valence-corrected chi connectivity index (χ4v) is 2.99. The topological polar surface area (TPSA) is 39.9 Å². The standard InChI is InChI=1S/C13H14BrN3O/c1-9-7-13(18-9,12-16-15-8-17(12)2)10-4-3-5-11(14)6-10/h3-6,8-9H,7H2,1-2H3/t9-,13+/m0/s1. The van der Waals surface area contributed by atoms with Crippen LogP contribution < -0.4 is 0 Å². The second kappa shape index (κ2) is 4.17. The van der Waals surface area contributed by atoms with Crippen molar-refractivity contribution in [2.45, 2.75) is 25.0 Å². The maximum absolute atomic E-state index is 6.05. The van der Waals surface area contributed by atoms with Gasteiger partial charge in [0.2, 0.25) is 0 Å². The van der Waals surface area contributed by atoms with Gasteiger partial charge in [-0.1, -0.05) is 28.1 Å². The van der Waals surface area contributed by atoms with Crippen molar-refractivity contribution >= 4 is 15.9 Å². The Bertz CT molecular complexity index is 575. The van der Waals surface area contributed by atoms with E-state index >= 15 is 0 Å². The van der Waals surface area contributed by atoms with Crippen LogP contribution in [0.4, 0.5) is 0 Å². The molecule has 3 rings (SSSR count). The van der Waals surface area contributed by atoms with Gasteiger partial charge < -0.3 is 9.30 Å². The number of aromatic nitrogens is 3. The summed E-state index contributed by atoms with van der Waals surface area (Å²) in [5, 5.41) is 8.19. The van der Waals surface area contributed by atoms with Gasteiger partial charge in [0.1, 0.15) is 6.33 Å². The van der Waals surface area contributed by atoms with Gasteiger partial charge in [-0.2, -0.15) is 0 Å². The zero-order chi connectivity index (χ0) is 12.8. The molecular formula is C13H14BrN3O. The number of ether oxygens (including phenoxy) is 1. The first-order chi connectivity index (χ1) is 8.62. The van der Waals surface area contributed by atoms with E-state index in [4.69, 9.17) is 4.74 Å². The number of rotatable bonds is 2. The minimum Gasteiger partial charge on any atom is -0.359 e. The summed E-state index contributed by atoms with van der Waals surface area (Å²) in [5.74, 6) is 0.860. The third-order valence-electron chi connectivity index (χ3n) is 3.34. The van der Waals surface area contributed by atoms with Gasteiger partial charge in [0.05, 0.1) is 6.10 Å². The lowest BCUT2D eigenvalue weighted by molar-refractivity contribution is -0.184. The first kappa shape index (κ1) is 11.9. The Hall–Kier alpha value is -1.20. The summed E-state index contributed by atoms with van der Waals surface area (Å²) in [5.41, 5.74) is 0.667. The monoisotopic (exact) mass is 307 g/mol. The van der Waals surface area contributed by atoms with Crippen molar-refractivity contribution in [2.24, 2.45) is 7.05 Å². The molecule has 0 aliphatic carbocycles. The maximum atomic E-state index is 6.05. The van der Waals surface area contributed by atoms with Gasteiger partial charge in [-0.05, 0) is 24.6 Å². The molecule has 5 heteroatoms. The van der Waals surface area contributed by atoms with Crippen molar-refractivity contribution in [1.29, 1.82) is 0 Å². The Morgan fingerprint density at radius 1 is 1.50 bits per heavy atom. The number of nitrogens with zero attached hydrogens (tertiary/aromatic N) is 3. The predicted octanol–water partition coefficient (Wildman–Crippen LogP) is 2.63. The average Bonchev–Trinajstić information content (AvgIpc) is 2.71. The largest absolute Gasteiger partial charge is 0.359 e. The van der Waals surface area contributed by atoms with E-state index in [1.54, 1.807) is 6.33 Å². The van der Waals surface area contributed by atoms with Crippen LogP contribution in [0.25, 0.3) is 0 Å². The fraction of sp³-hybridized carbons (Fsp3) is 0.385. The summed E-state index contributed by atoms with van der Waals surface area (Å²) in [7, 11) is 1.95. The molecule has 0 spiro atoms. The molecule has 4 nitrogen and oxygen atoms in total. The zero-order valence-electron chi connectivity index (χ0n) is 10.3. The van der Waals surface area contributed by atoms with Crippen LogP contribution in [0.15, 0.2) is 35.1 Å². The van der Waals surface area contributed by atoms with E-state index < -0.39 is 5.60 Å². The van der Waals surface area contributed by atoms with Gasteiger partial charge >= 0.3 is 0 Å². The minimum atomic E-state index is -0.450. The molecule has 1 aliphatic rings. The van der Waals surface area contributed by atoms with Crippen LogP contribution in [-0.2, 0) is 17.4 Å². The van der Waals surface area contributed by atoms with E-state index in [2.05, 4.69) is 45.2 Å². The van der Waals surface area contributed by atoms with Crippen molar-refractivity contribution in [3.05, 3.63) is 46.5 Å². The molecule has 94 valence electrons. The summed E-state index contributed by atoms with van der Waals surface area (Å²) in [6.45, 7) is 2.08. The summed E-state index contributed by atoms with van der Waals surface area (Å²) in [6.07, 6.45) is 2.89. The number of hydrogen-bond acceptors (Lipinski definition) is 3. The minimum absolute atomic E-state index is 0.251. The molecule has 2 atom stereocenters. The number of hydrogen-bond donors (Lipinski definition) is 0. The second-order valence-corrected chi connectivity index (χ2v) is 5.65. The van der Waals surface area contributed by atoms with Crippen LogP contribution in [-0.4, -0.2) is 20.9 Å². The van der Waals surface area contributed by atoms with Gasteiger partial charge in [-0.15, -0.1) is 10.2 Å². The summed E-state index contributed by atoms with van der Waals surface area (Å²) >= 11 is 3.51. The first-order valence-electron chi connectivity index (χ1n) is 5.90. The molecule has 2 heterocycles. The molecule has 0 bridgehead atoms. The fourth-order valence-electron chi connectivity index (χ4n) is 2.59. The van der Waals surface area contributed by atoms with Crippen LogP contribution in [0.1, 0.15) is 24.7 Å². The zero-order valence-corrected chi connectivity index (χ0v) is 11.9. The third-order valence-corrected chi connectivity index (χ3v) is 3.83. The van der Waals surface area contributed by atoms with E-state index in [0.29, 0.717) is 0 Å². The third kappa shape index (κ3) is 1.69. The molecule has 1 fully saturated rings. The van der Waals surface area contributed by atoms with Crippen LogP contribution in [0.2, 0.25) is 0 Å². The summed E-state index contributed by atoms with van der Waals surface area (Å²) in [4.78, 5) is 0. The number of benzene rings is 1. The van der Waals surface area contributed by atoms with E-state index in [9.17, 15) is 0 Å². The second-order valence-electron chi connectivity index (χ2n) is 4.74. The Kier molecular flexibility index (Phi) is 2.75. The summed E-state index contributed by atoms with van der Waals surface area (Å²) < 4.78 is 9.02. The highest BCUT2D eigenvalue weighted by Gasteiger charge is 2.49. The molecule has 2 aromatic rings. The Morgan fingerprint density at radius 2 is 2.28 bits per heavy atom. The lowest BCUT2D eigenvalue weighted by atomic mass is 9.82. The van der Waals surface area contributed by atoms with Crippen molar-refractivity contribution in [3.8, 4) is 0 Å². The Labute approximate surface area is 114 Å². The van der Waals surface area contributed by atoms with Gasteiger partial charge in [-0.25, -0.2) is 0 Å². The highest BCUT2D eigenvalue weighted by Crippen LogP contribution is 2.46. The lowest BCUT2D eigenvalue weighted by Crippen LogP contribution is -2.49. The number of halogens is 1. The van der Waals surface area contributed by atoms with Gasteiger partial charge in [-0.3, -0.25) is 0 Å². The van der Waals surface area contributed by atoms with Crippen molar-refractivity contribution < 1.29 is 4.74 Å². The average molecular weight is 308 g/mol. The van der Waals surface area contributed by atoms with Gasteiger partial charge in [0.15, 0.2) is 11.4 Å². The van der Waals surface area contributed by atoms with Crippen molar-refractivity contribution in [2.75, 3.05) is 0 Å². The van der Waals surface area contributed by atoms with Gasteiger partial charge in [0.25, 0.3) is 0 Å². The molecule has 1 saturated heterocycles. The SMILES string of the molecule is C[C@H]1C[C@@](c2cccc(Br)c2)(c2nncn2C)O1. The summed E-state index contributed by atoms with van der Waals surface area (Å²) in [6, 6.07) is 8.19. The quantitative estimate of drug-likeness (QED) is 0.856. The Morgan fingerprint density at radius 3 is 2.83 bits per heavy atom. The molecular weight excluding hydrogens is 294 g/mol. The first-order valence-corrected chi connectivity index (χ1v) is 6.69. The highest BCUT2D eigenvalue weighted by molar-refractivity contribution is 9.10. The van der Waals surface area contributed by atoms with E-state index in [-0.39, 0.29) is 6.10 Å². The Balaban J connectivity index is 2.11. The normalized spacial score (nSPS) is 26.9. The van der Waals surface area contributed by atoms with E-state index in [1.165, 1.54) is 0 Å². The van der Waals surface area contributed by atoms with Crippen LogP contribution in [0.3, 0.4) is 0 Å². The molecule has 0 saturated carbocycles. The smallest absolute Gasteiger partial charge is 0.169 e. The van der Waals surface area contributed by atoms with E-state index in [1.807, 2.05) is 23.7 Å². The maximum Gasteiger partial charge on any atom is 0.169 e. The number of aryl methyl sites for hydroxylation is 1. The highest BCUT2D eigenvalue weighted by atomic mass is 79.9. The molecule has 0 amide bonds. The predicted molar refractivity (Wildman–Crippen MR) is 71.1 cm³/mol. The molecule has 0 N–H and O–H groups in total. The van der Waals surface area contributed by atoms with Gasteiger partial charge in [0, 0.05) is 17.9 Å². The van der Waals surface area contributed by atoms with E-state index in [0.717, 1.165) is 22.3 Å². The van der Waals surface area contributed by atoms with Crippen LogP contribution >= 0.6 is 15.9 Å². The van der Waals surface area contributed by atoms with Crippen LogP contribution in [0.5, 0.6) is 0 Å². The van der Waals surface area contributed by atoms with Crippen LogP contribution in [0, 0.1) is 0 Å². The molecule has 0 radical (unpaired) electrons. The molecule has 1 aliphatic heterocycles. The molecule has 1 aromatic heterocycles. The molecule has 18 heavy (non-hydrogen) atoms. The molecule has 1 aromatic carbocycles. The lowest BCUT2D eigenvalue weighted by Gasteiger charge is -2.45. The van der Waals surface area contributed by atoms with Crippen molar-refractivity contribution in [1.82, 2.24) is 14.8 Å².